The van der Waals surface area contributed by atoms with E-state index in [1.54, 1.807) is 11.8 Å². The fraction of sp³-hybridized carbons (Fsp3) is 0.258. The molecule has 188 valence electrons. The first kappa shape index (κ1) is 24.7. The number of hydrogen-bond acceptors (Lipinski definition) is 5. The highest BCUT2D eigenvalue weighted by molar-refractivity contribution is 6.08. The lowest BCUT2D eigenvalue weighted by Gasteiger charge is -2.30. The molecule has 37 heavy (non-hydrogen) atoms. The number of aromatic nitrogens is 1. The summed E-state index contributed by atoms with van der Waals surface area (Å²) >= 11 is 0. The normalized spacial score (nSPS) is 14.1. The zero-order valence-corrected chi connectivity index (χ0v) is 21.3. The van der Waals surface area contributed by atoms with Crippen molar-refractivity contribution in [1.82, 2.24) is 9.88 Å². The van der Waals surface area contributed by atoms with Crippen LogP contribution in [-0.4, -0.2) is 41.0 Å². The van der Waals surface area contributed by atoms with Crippen LogP contribution in [0.25, 0.3) is 10.9 Å². The molecular weight excluding hydrogens is 462 g/mol. The zero-order chi connectivity index (χ0) is 25.8. The van der Waals surface area contributed by atoms with Gasteiger partial charge in [0, 0.05) is 47.5 Å². The summed E-state index contributed by atoms with van der Waals surface area (Å²) in [5.74, 6) is -0.805. The molecule has 2 heterocycles. The Morgan fingerprint density at radius 3 is 2.22 bits per heavy atom. The van der Waals surface area contributed by atoms with E-state index >= 15 is 0 Å². The molecule has 1 amide bonds. The van der Waals surface area contributed by atoms with Crippen LogP contribution in [0.15, 0.2) is 84.9 Å². The first-order valence-electron chi connectivity index (χ1n) is 12.8. The minimum absolute atomic E-state index is 0.314. The van der Waals surface area contributed by atoms with E-state index in [1.807, 2.05) is 84.9 Å². The number of nitrogens with zero attached hydrogens (tertiary/aromatic N) is 3. The van der Waals surface area contributed by atoms with Crippen LogP contribution in [0.2, 0.25) is 0 Å². The summed E-state index contributed by atoms with van der Waals surface area (Å²) in [6, 6.07) is 26.5. The standard InChI is InChI=1S/C31H31N3O3/c1-3-19-33-20-18-28-26(21-33)29(25-16-10-11-17-27(25)32-28)31(36)37-22(2)30(35)34(23-12-6-4-7-13-23)24-14-8-5-9-15-24/h4-17,22H,3,18-21H2,1-2H3. The van der Waals surface area contributed by atoms with E-state index in [2.05, 4.69) is 11.8 Å². The number of ether oxygens (including phenoxy) is 1. The molecule has 0 bridgehead atoms. The van der Waals surface area contributed by atoms with E-state index in [9.17, 15) is 9.59 Å². The van der Waals surface area contributed by atoms with Gasteiger partial charge in [0.15, 0.2) is 6.10 Å². The van der Waals surface area contributed by atoms with E-state index in [1.165, 1.54) is 0 Å². The lowest BCUT2D eigenvalue weighted by atomic mass is 9.95. The Balaban J connectivity index is 1.48. The molecule has 0 spiro atoms. The number of carbonyl (C=O) groups excluding carboxylic acids is 2. The number of hydrogen-bond donors (Lipinski definition) is 0. The first-order chi connectivity index (χ1) is 18.1. The van der Waals surface area contributed by atoms with Crippen LogP contribution in [-0.2, 0) is 22.5 Å². The Labute approximate surface area is 217 Å². The molecule has 0 aliphatic carbocycles. The molecule has 6 heteroatoms. The van der Waals surface area contributed by atoms with Crippen molar-refractivity contribution in [3.05, 3.63) is 102 Å². The fourth-order valence-corrected chi connectivity index (χ4v) is 5.00. The minimum Gasteiger partial charge on any atom is -0.449 e. The Morgan fingerprint density at radius 1 is 0.946 bits per heavy atom. The Kier molecular flexibility index (Phi) is 7.28. The summed E-state index contributed by atoms with van der Waals surface area (Å²) in [5, 5.41) is 0.757. The van der Waals surface area contributed by atoms with Crippen LogP contribution in [0.1, 0.15) is 41.9 Å². The van der Waals surface area contributed by atoms with Crippen LogP contribution >= 0.6 is 0 Å². The summed E-state index contributed by atoms with van der Waals surface area (Å²) < 4.78 is 5.92. The SMILES string of the molecule is CCCN1CCc2nc3ccccc3c(C(=O)OC(C)C(=O)N(c3ccccc3)c3ccccc3)c2C1. The Morgan fingerprint density at radius 2 is 1.57 bits per heavy atom. The first-order valence-corrected chi connectivity index (χ1v) is 12.8. The highest BCUT2D eigenvalue weighted by atomic mass is 16.5. The molecule has 1 atom stereocenters. The van der Waals surface area contributed by atoms with Crippen molar-refractivity contribution in [3.8, 4) is 0 Å². The molecule has 0 radical (unpaired) electrons. The summed E-state index contributed by atoms with van der Waals surface area (Å²) in [7, 11) is 0. The van der Waals surface area contributed by atoms with Crippen LogP contribution in [0.4, 0.5) is 11.4 Å². The number of pyridine rings is 1. The molecule has 1 aliphatic rings. The van der Waals surface area contributed by atoms with Crippen LogP contribution in [0, 0.1) is 0 Å². The Hall–Kier alpha value is -4.03. The number of rotatable bonds is 7. The van der Waals surface area contributed by atoms with Crippen molar-refractivity contribution in [2.45, 2.75) is 39.3 Å². The molecule has 4 aromatic rings. The van der Waals surface area contributed by atoms with Crippen molar-refractivity contribution < 1.29 is 14.3 Å². The van der Waals surface area contributed by atoms with Gasteiger partial charge in [0.05, 0.1) is 11.1 Å². The van der Waals surface area contributed by atoms with Gasteiger partial charge in [0.2, 0.25) is 0 Å². The third-order valence-electron chi connectivity index (χ3n) is 6.75. The fourth-order valence-electron chi connectivity index (χ4n) is 5.00. The molecule has 6 nitrogen and oxygen atoms in total. The zero-order valence-electron chi connectivity index (χ0n) is 21.3. The van der Waals surface area contributed by atoms with Gasteiger partial charge in [-0.05, 0) is 50.2 Å². The molecule has 1 aliphatic heterocycles. The molecule has 0 fully saturated rings. The van der Waals surface area contributed by atoms with Crippen molar-refractivity contribution in [2.75, 3.05) is 18.0 Å². The topological polar surface area (TPSA) is 62.7 Å². The van der Waals surface area contributed by atoms with Crippen molar-refractivity contribution in [3.63, 3.8) is 0 Å². The third kappa shape index (κ3) is 5.11. The van der Waals surface area contributed by atoms with Crippen LogP contribution in [0.3, 0.4) is 0 Å². The van der Waals surface area contributed by atoms with Gasteiger partial charge < -0.3 is 4.74 Å². The number of carbonyl (C=O) groups is 2. The largest absolute Gasteiger partial charge is 0.449 e. The maximum atomic E-state index is 13.8. The summed E-state index contributed by atoms with van der Waals surface area (Å²) in [6.07, 6.45) is 0.826. The minimum atomic E-state index is -0.995. The van der Waals surface area contributed by atoms with E-state index in [0.29, 0.717) is 23.5 Å². The van der Waals surface area contributed by atoms with Crippen molar-refractivity contribution >= 4 is 34.2 Å². The van der Waals surface area contributed by atoms with Gasteiger partial charge in [-0.1, -0.05) is 61.5 Å². The Bertz CT molecular complexity index is 1370. The smallest absolute Gasteiger partial charge is 0.339 e. The van der Waals surface area contributed by atoms with Gasteiger partial charge in [0.25, 0.3) is 5.91 Å². The highest BCUT2D eigenvalue weighted by Crippen LogP contribution is 2.30. The van der Waals surface area contributed by atoms with Crippen molar-refractivity contribution in [1.29, 1.82) is 0 Å². The molecule has 0 N–H and O–H groups in total. The van der Waals surface area contributed by atoms with Gasteiger partial charge in [-0.25, -0.2) is 4.79 Å². The molecule has 3 aromatic carbocycles. The third-order valence-corrected chi connectivity index (χ3v) is 6.75. The summed E-state index contributed by atoms with van der Waals surface area (Å²) in [4.78, 5) is 36.3. The lowest BCUT2D eigenvalue weighted by Crippen LogP contribution is -2.38. The van der Waals surface area contributed by atoms with E-state index in [0.717, 1.165) is 48.1 Å². The second-order valence-corrected chi connectivity index (χ2v) is 9.35. The quantitative estimate of drug-likeness (QED) is 0.299. The molecular formula is C31H31N3O3. The average Bonchev–Trinajstić information content (AvgIpc) is 2.93. The van der Waals surface area contributed by atoms with Gasteiger partial charge in [-0.15, -0.1) is 0 Å². The lowest BCUT2D eigenvalue weighted by molar-refractivity contribution is -0.125. The maximum Gasteiger partial charge on any atom is 0.339 e. The number of para-hydroxylation sites is 3. The van der Waals surface area contributed by atoms with Gasteiger partial charge in [-0.2, -0.15) is 0 Å². The van der Waals surface area contributed by atoms with Gasteiger partial charge in [-0.3, -0.25) is 19.6 Å². The molecule has 0 saturated carbocycles. The van der Waals surface area contributed by atoms with Crippen LogP contribution < -0.4 is 4.90 Å². The van der Waals surface area contributed by atoms with E-state index in [4.69, 9.17) is 9.72 Å². The van der Waals surface area contributed by atoms with E-state index in [-0.39, 0.29) is 5.91 Å². The second-order valence-electron chi connectivity index (χ2n) is 9.35. The van der Waals surface area contributed by atoms with Crippen LogP contribution in [0.5, 0.6) is 0 Å². The average molecular weight is 494 g/mol. The molecule has 1 unspecified atom stereocenters. The predicted octanol–water partition coefficient (Wildman–Crippen LogP) is 5.91. The second kappa shape index (κ2) is 10.9. The van der Waals surface area contributed by atoms with Gasteiger partial charge in [0.1, 0.15) is 0 Å². The van der Waals surface area contributed by atoms with Crippen molar-refractivity contribution in [2.24, 2.45) is 0 Å². The van der Waals surface area contributed by atoms with E-state index < -0.39 is 12.1 Å². The molecule has 1 aromatic heterocycles. The molecule has 5 rings (SSSR count). The molecule has 0 saturated heterocycles. The number of fused-ring (bicyclic) bond motifs is 2. The number of amides is 1. The maximum absolute atomic E-state index is 13.8. The summed E-state index contributed by atoms with van der Waals surface area (Å²) in [6.45, 7) is 6.31. The number of anilines is 2. The predicted molar refractivity (Wildman–Crippen MR) is 146 cm³/mol. The van der Waals surface area contributed by atoms with Gasteiger partial charge >= 0.3 is 5.97 Å². The highest BCUT2D eigenvalue weighted by Gasteiger charge is 2.31. The monoisotopic (exact) mass is 493 g/mol. The number of esters is 1. The number of benzene rings is 3. The summed E-state index contributed by atoms with van der Waals surface area (Å²) in [5.41, 5.74) is 4.56.